The van der Waals surface area contributed by atoms with Crippen LogP contribution < -0.4 is 0 Å². The van der Waals surface area contributed by atoms with Gasteiger partial charge in [0, 0.05) is 5.92 Å². The quantitative estimate of drug-likeness (QED) is 0.630. The number of allylic oxidation sites excluding steroid dienone is 1. The summed E-state index contributed by atoms with van der Waals surface area (Å²) in [6.07, 6.45) is 11.6. The molecule has 1 heterocycles. The van der Waals surface area contributed by atoms with Crippen molar-refractivity contribution < 1.29 is 18.3 Å². The van der Waals surface area contributed by atoms with E-state index in [4.69, 9.17) is 9.47 Å². The summed E-state index contributed by atoms with van der Waals surface area (Å²) >= 11 is 0. The number of hydrogen-bond donors (Lipinski definition) is 0. The highest BCUT2D eigenvalue weighted by molar-refractivity contribution is 4.86. The normalized spacial score (nSPS) is 35.6. The van der Waals surface area contributed by atoms with Gasteiger partial charge >= 0.3 is 0 Å². The molecular weight excluding hydrogens is 310 g/mol. The highest BCUT2D eigenvalue weighted by Crippen LogP contribution is 2.43. The fraction of sp³-hybridized carbons (Fsp3) is 0.900. The zero-order chi connectivity index (χ0) is 16.8. The molecule has 4 heteroatoms. The van der Waals surface area contributed by atoms with Crippen LogP contribution in [0.2, 0.25) is 0 Å². The van der Waals surface area contributed by atoms with E-state index in [9.17, 15) is 8.78 Å². The lowest BCUT2D eigenvalue weighted by Gasteiger charge is -2.40. The molecule has 3 fully saturated rings. The monoisotopic (exact) mass is 342 g/mol. The minimum absolute atomic E-state index is 0.475. The third-order valence-corrected chi connectivity index (χ3v) is 6.75. The fourth-order valence-electron chi connectivity index (χ4n) is 5.24. The van der Waals surface area contributed by atoms with Crippen LogP contribution in [0.25, 0.3) is 0 Å². The molecule has 24 heavy (non-hydrogen) atoms. The van der Waals surface area contributed by atoms with Crippen LogP contribution in [0, 0.1) is 29.6 Å². The van der Waals surface area contributed by atoms with Crippen LogP contribution in [-0.4, -0.2) is 20.0 Å². The molecule has 2 aliphatic carbocycles. The summed E-state index contributed by atoms with van der Waals surface area (Å²) < 4.78 is 35.1. The Morgan fingerprint density at radius 3 is 1.79 bits per heavy atom. The maximum Gasteiger partial charge on any atom is 0.266 e. The van der Waals surface area contributed by atoms with E-state index in [0.717, 1.165) is 43.5 Å². The largest absolute Gasteiger partial charge is 0.355 e. The van der Waals surface area contributed by atoms with Gasteiger partial charge in [0.2, 0.25) is 0 Å². The molecule has 2 saturated carbocycles. The third kappa shape index (κ3) is 5.26. The Morgan fingerprint density at radius 2 is 1.25 bits per heavy atom. The number of halogens is 2. The minimum atomic E-state index is -1.52. The van der Waals surface area contributed by atoms with Crippen molar-refractivity contribution >= 4 is 0 Å². The first-order chi connectivity index (χ1) is 11.7. The molecule has 0 aromatic heterocycles. The minimum Gasteiger partial charge on any atom is -0.355 e. The SMILES string of the molecule is FC(F)=CCCC1CCC(C2CCC(C3COCOC3)CC2)CC1. The zero-order valence-electron chi connectivity index (χ0n) is 14.7. The Balaban J connectivity index is 1.35. The molecule has 0 spiro atoms. The molecule has 0 atom stereocenters. The maximum absolute atomic E-state index is 12.1. The van der Waals surface area contributed by atoms with E-state index in [2.05, 4.69) is 0 Å². The van der Waals surface area contributed by atoms with Gasteiger partial charge in [-0.1, -0.05) is 12.8 Å². The van der Waals surface area contributed by atoms with Gasteiger partial charge in [0.05, 0.1) is 13.2 Å². The molecule has 0 N–H and O–H groups in total. The van der Waals surface area contributed by atoms with Crippen molar-refractivity contribution in [3.05, 3.63) is 12.2 Å². The van der Waals surface area contributed by atoms with Crippen molar-refractivity contribution in [2.24, 2.45) is 29.6 Å². The van der Waals surface area contributed by atoms with Crippen LogP contribution in [0.1, 0.15) is 64.2 Å². The topological polar surface area (TPSA) is 18.5 Å². The molecule has 2 nitrogen and oxygen atoms in total. The van der Waals surface area contributed by atoms with Gasteiger partial charge in [-0.15, -0.1) is 0 Å². The van der Waals surface area contributed by atoms with Crippen molar-refractivity contribution in [3.8, 4) is 0 Å². The summed E-state index contributed by atoms with van der Waals surface area (Å²) in [6, 6.07) is 0. The van der Waals surface area contributed by atoms with Gasteiger partial charge in [-0.3, -0.25) is 0 Å². The highest BCUT2D eigenvalue weighted by atomic mass is 19.3. The van der Waals surface area contributed by atoms with E-state index in [0.29, 0.717) is 25.0 Å². The molecular formula is C20H32F2O2. The van der Waals surface area contributed by atoms with Crippen molar-refractivity contribution in [2.45, 2.75) is 64.2 Å². The summed E-state index contributed by atoms with van der Waals surface area (Å²) in [6.45, 7) is 2.24. The first kappa shape index (κ1) is 18.3. The predicted molar refractivity (Wildman–Crippen MR) is 90.7 cm³/mol. The number of rotatable bonds is 5. The second kappa shape index (κ2) is 9.28. The molecule has 3 rings (SSSR count). The maximum atomic E-state index is 12.1. The van der Waals surface area contributed by atoms with Crippen LogP contribution in [0.15, 0.2) is 12.2 Å². The molecule has 0 aromatic rings. The second-order valence-electron chi connectivity index (χ2n) is 8.15. The Kier molecular flexibility index (Phi) is 7.08. The Labute approximate surface area is 145 Å². The van der Waals surface area contributed by atoms with Crippen molar-refractivity contribution in [3.63, 3.8) is 0 Å². The highest BCUT2D eigenvalue weighted by Gasteiger charge is 2.34. The Bertz CT molecular complexity index is 386. The van der Waals surface area contributed by atoms with Gasteiger partial charge in [-0.2, -0.15) is 8.78 Å². The molecule has 0 radical (unpaired) electrons. The van der Waals surface area contributed by atoms with E-state index in [1.165, 1.54) is 51.4 Å². The summed E-state index contributed by atoms with van der Waals surface area (Å²) in [5.74, 6) is 3.86. The lowest BCUT2D eigenvalue weighted by Crippen LogP contribution is -2.34. The van der Waals surface area contributed by atoms with Gasteiger partial charge < -0.3 is 9.47 Å². The third-order valence-electron chi connectivity index (χ3n) is 6.75. The van der Waals surface area contributed by atoms with E-state index < -0.39 is 6.08 Å². The predicted octanol–water partition coefficient (Wildman–Crippen LogP) is 5.78. The van der Waals surface area contributed by atoms with E-state index in [1.54, 1.807) is 0 Å². The molecule has 1 aliphatic heterocycles. The van der Waals surface area contributed by atoms with E-state index in [-0.39, 0.29) is 0 Å². The summed E-state index contributed by atoms with van der Waals surface area (Å²) in [5.41, 5.74) is 0. The summed E-state index contributed by atoms with van der Waals surface area (Å²) in [4.78, 5) is 0. The van der Waals surface area contributed by atoms with Crippen molar-refractivity contribution in [1.29, 1.82) is 0 Å². The van der Waals surface area contributed by atoms with E-state index in [1.807, 2.05) is 0 Å². The van der Waals surface area contributed by atoms with Crippen molar-refractivity contribution in [1.82, 2.24) is 0 Å². The molecule has 138 valence electrons. The van der Waals surface area contributed by atoms with Crippen LogP contribution in [-0.2, 0) is 9.47 Å². The van der Waals surface area contributed by atoms with Gasteiger partial charge in [0.15, 0.2) is 0 Å². The van der Waals surface area contributed by atoms with Gasteiger partial charge in [-0.05, 0) is 81.1 Å². The lowest BCUT2D eigenvalue weighted by molar-refractivity contribution is -0.141. The average Bonchev–Trinajstić information content (AvgIpc) is 2.63. The zero-order valence-corrected chi connectivity index (χ0v) is 14.7. The Morgan fingerprint density at radius 1 is 0.750 bits per heavy atom. The molecule has 0 amide bonds. The molecule has 0 aromatic carbocycles. The smallest absolute Gasteiger partial charge is 0.266 e. The van der Waals surface area contributed by atoms with Gasteiger partial charge in [-0.25, -0.2) is 0 Å². The van der Waals surface area contributed by atoms with Crippen LogP contribution in [0.3, 0.4) is 0 Å². The number of ether oxygens (including phenoxy) is 2. The second-order valence-corrected chi connectivity index (χ2v) is 8.15. The van der Waals surface area contributed by atoms with Crippen LogP contribution in [0.5, 0.6) is 0 Å². The standard InChI is InChI=1S/C20H32F2O2/c21-20(22)3-1-2-15-4-6-16(7-5-15)17-8-10-18(11-9-17)19-12-23-14-24-13-19/h3,15-19H,1-2,4-14H2. The first-order valence-electron chi connectivity index (χ1n) is 9.89. The van der Waals surface area contributed by atoms with Crippen LogP contribution >= 0.6 is 0 Å². The van der Waals surface area contributed by atoms with E-state index >= 15 is 0 Å². The average molecular weight is 342 g/mol. The lowest BCUT2D eigenvalue weighted by atomic mass is 9.67. The van der Waals surface area contributed by atoms with Gasteiger partial charge in [0.25, 0.3) is 6.08 Å². The molecule has 0 unspecified atom stereocenters. The Hall–Kier alpha value is -0.480. The summed E-state index contributed by atoms with van der Waals surface area (Å²) in [7, 11) is 0. The van der Waals surface area contributed by atoms with Gasteiger partial charge in [0.1, 0.15) is 6.79 Å². The molecule has 1 saturated heterocycles. The molecule has 3 aliphatic rings. The first-order valence-corrected chi connectivity index (χ1v) is 9.89. The number of hydrogen-bond acceptors (Lipinski definition) is 2. The van der Waals surface area contributed by atoms with Crippen molar-refractivity contribution in [2.75, 3.05) is 20.0 Å². The van der Waals surface area contributed by atoms with Crippen LogP contribution in [0.4, 0.5) is 8.78 Å². The summed E-state index contributed by atoms with van der Waals surface area (Å²) in [5, 5.41) is 0. The molecule has 0 bridgehead atoms. The fourth-order valence-corrected chi connectivity index (χ4v) is 5.24.